The van der Waals surface area contributed by atoms with E-state index in [9.17, 15) is 14.4 Å². The Morgan fingerprint density at radius 2 is 1.88 bits per heavy atom. The highest BCUT2D eigenvalue weighted by Crippen LogP contribution is 2.32. The molecule has 0 radical (unpaired) electrons. The Balaban J connectivity index is 2.22. The molecule has 0 aliphatic carbocycles. The molecule has 2 aliphatic rings. The van der Waals surface area contributed by atoms with Crippen LogP contribution in [0.2, 0.25) is 0 Å². The molecule has 2 aliphatic heterocycles. The molecule has 9 heteroatoms. The number of imide groups is 1. The lowest BCUT2D eigenvalue weighted by molar-refractivity contribution is -0.682. The number of rotatable bonds is 2. The molecular weight excluding hydrogens is 314 g/mol. The Bertz CT molecular complexity index is 809. The molecule has 1 aromatic heterocycles. The molecule has 9 nitrogen and oxygen atoms in total. The Kier molecular flexibility index (Phi) is 3.47. The van der Waals surface area contributed by atoms with Gasteiger partial charge in [0.05, 0.1) is 7.11 Å². The quantitative estimate of drug-likeness (QED) is 0.572. The number of aromatic nitrogens is 2. The number of likely N-dealkylation sites (N-methyl/N-ethyl adjacent to an activating group) is 2. The van der Waals surface area contributed by atoms with Crippen molar-refractivity contribution < 1.29 is 23.7 Å². The van der Waals surface area contributed by atoms with Crippen LogP contribution in [0.25, 0.3) is 0 Å². The number of amides is 3. The minimum atomic E-state index is -0.697. The standard InChI is InChI=1S/C15H20N5O4/c1-7-8(2)20-10-11(17(4)15(23)18(5)12(10)21)16-14(20)19(7)9(3)13(22)24-6/h9-10H,1-6H3/q+1. The van der Waals surface area contributed by atoms with Gasteiger partial charge < -0.3 is 4.74 Å². The fourth-order valence-corrected chi connectivity index (χ4v) is 3.28. The lowest BCUT2D eigenvalue weighted by Gasteiger charge is -2.30. The van der Waals surface area contributed by atoms with Crippen LogP contribution in [-0.4, -0.2) is 59.3 Å². The molecule has 1 aromatic rings. The average molecular weight is 334 g/mol. The van der Waals surface area contributed by atoms with Crippen LogP contribution in [0.1, 0.15) is 30.4 Å². The number of methoxy groups -OCH3 is 1. The third-order valence-electron chi connectivity index (χ3n) is 4.81. The van der Waals surface area contributed by atoms with E-state index in [4.69, 9.17) is 4.74 Å². The van der Waals surface area contributed by atoms with Gasteiger partial charge in [0.25, 0.3) is 5.91 Å². The van der Waals surface area contributed by atoms with E-state index < -0.39 is 24.1 Å². The first kappa shape index (κ1) is 16.2. The van der Waals surface area contributed by atoms with E-state index in [1.165, 1.54) is 19.1 Å². The zero-order valence-corrected chi connectivity index (χ0v) is 14.5. The average Bonchev–Trinajstić information content (AvgIpc) is 3.06. The number of hydrogen-bond donors (Lipinski definition) is 0. The molecule has 0 N–H and O–H groups in total. The smallest absolute Gasteiger partial charge is 0.402 e. The van der Waals surface area contributed by atoms with Gasteiger partial charge in [0.15, 0.2) is 6.04 Å². The van der Waals surface area contributed by atoms with E-state index in [1.807, 2.05) is 13.8 Å². The summed E-state index contributed by atoms with van der Waals surface area (Å²) in [6.45, 7) is 5.44. The van der Waals surface area contributed by atoms with Gasteiger partial charge in [-0.1, -0.05) is 4.99 Å². The summed E-state index contributed by atoms with van der Waals surface area (Å²) in [5, 5.41) is 0. The van der Waals surface area contributed by atoms with Crippen molar-refractivity contribution in [1.29, 1.82) is 0 Å². The summed E-state index contributed by atoms with van der Waals surface area (Å²) >= 11 is 0. The maximum absolute atomic E-state index is 12.6. The Morgan fingerprint density at radius 1 is 1.25 bits per heavy atom. The van der Waals surface area contributed by atoms with Crippen molar-refractivity contribution in [1.82, 2.24) is 14.4 Å². The Hall–Kier alpha value is -2.71. The molecule has 3 heterocycles. The monoisotopic (exact) mass is 334 g/mol. The Labute approximate surface area is 139 Å². The number of carbonyl (C=O) groups is 3. The third-order valence-corrected chi connectivity index (χ3v) is 4.81. The number of fused-ring (bicyclic) bond motifs is 3. The first-order valence-electron chi connectivity index (χ1n) is 7.57. The summed E-state index contributed by atoms with van der Waals surface area (Å²) < 4.78 is 8.33. The topological polar surface area (TPSA) is 88.1 Å². The van der Waals surface area contributed by atoms with Crippen molar-refractivity contribution in [2.75, 3.05) is 21.2 Å². The zero-order chi connectivity index (χ0) is 17.9. The molecule has 128 valence electrons. The van der Waals surface area contributed by atoms with Gasteiger partial charge in [-0.05, 0) is 20.8 Å². The normalized spacial score (nSPS) is 20.8. The molecule has 3 rings (SSSR count). The molecule has 1 fully saturated rings. The maximum Gasteiger partial charge on any atom is 0.402 e. The second-order valence-corrected chi connectivity index (χ2v) is 6.02. The van der Waals surface area contributed by atoms with Crippen LogP contribution in [0.4, 0.5) is 10.7 Å². The van der Waals surface area contributed by atoms with Gasteiger partial charge >= 0.3 is 17.9 Å². The number of nitrogens with zero attached hydrogens (tertiary/aromatic N) is 5. The fourth-order valence-electron chi connectivity index (χ4n) is 3.28. The molecule has 24 heavy (non-hydrogen) atoms. The number of imidazole rings is 1. The van der Waals surface area contributed by atoms with Crippen molar-refractivity contribution in [3.8, 4) is 0 Å². The third kappa shape index (κ3) is 1.84. The van der Waals surface area contributed by atoms with Gasteiger partial charge in [-0.2, -0.15) is 0 Å². The van der Waals surface area contributed by atoms with Crippen molar-refractivity contribution in [2.45, 2.75) is 32.9 Å². The number of hydrogen-bond acceptors (Lipinski definition) is 5. The molecule has 0 saturated carbocycles. The van der Waals surface area contributed by atoms with E-state index in [1.54, 1.807) is 23.1 Å². The van der Waals surface area contributed by atoms with Crippen LogP contribution in [0.3, 0.4) is 0 Å². The first-order valence-corrected chi connectivity index (χ1v) is 7.57. The molecule has 1 saturated heterocycles. The SMILES string of the molecule is COC(=O)C(C)n1c(C)c(C)[n+]2c1N=C1C2C(=O)N(C)C(=O)N1C. The lowest BCUT2D eigenvalue weighted by atomic mass is 10.1. The van der Waals surface area contributed by atoms with Gasteiger partial charge in [0.2, 0.25) is 11.9 Å². The van der Waals surface area contributed by atoms with E-state index in [-0.39, 0.29) is 5.91 Å². The predicted molar refractivity (Wildman–Crippen MR) is 82.9 cm³/mol. The molecule has 0 aromatic carbocycles. The van der Waals surface area contributed by atoms with Crippen molar-refractivity contribution in [3.05, 3.63) is 11.4 Å². The molecule has 0 bridgehead atoms. The minimum absolute atomic E-state index is 0.341. The van der Waals surface area contributed by atoms with Crippen molar-refractivity contribution in [3.63, 3.8) is 0 Å². The molecule has 2 unspecified atom stereocenters. The highest BCUT2D eigenvalue weighted by molar-refractivity contribution is 6.18. The highest BCUT2D eigenvalue weighted by atomic mass is 16.5. The van der Waals surface area contributed by atoms with E-state index in [0.717, 1.165) is 16.3 Å². The number of amidine groups is 1. The van der Waals surface area contributed by atoms with Crippen LogP contribution >= 0.6 is 0 Å². The van der Waals surface area contributed by atoms with Gasteiger partial charge in [-0.15, -0.1) is 0 Å². The van der Waals surface area contributed by atoms with Crippen molar-refractivity contribution in [2.24, 2.45) is 4.99 Å². The lowest BCUT2D eigenvalue weighted by Crippen LogP contribution is -2.62. The van der Waals surface area contributed by atoms with Gasteiger partial charge in [0.1, 0.15) is 11.4 Å². The van der Waals surface area contributed by atoms with Crippen molar-refractivity contribution >= 4 is 29.7 Å². The summed E-state index contributed by atoms with van der Waals surface area (Å²) in [6.07, 6.45) is 0. The summed E-state index contributed by atoms with van der Waals surface area (Å²) in [5.41, 5.74) is 1.63. The van der Waals surface area contributed by atoms with E-state index in [0.29, 0.717) is 11.8 Å². The number of esters is 1. The fraction of sp³-hybridized carbons (Fsp3) is 0.533. The van der Waals surface area contributed by atoms with Crippen LogP contribution in [0.5, 0.6) is 0 Å². The Morgan fingerprint density at radius 3 is 2.46 bits per heavy atom. The van der Waals surface area contributed by atoms with Gasteiger partial charge in [0, 0.05) is 14.1 Å². The van der Waals surface area contributed by atoms with Gasteiger partial charge in [-0.3, -0.25) is 14.6 Å². The molecule has 0 spiro atoms. The van der Waals surface area contributed by atoms with Crippen LogP contribution in [0, 0.1) is 13.8 Å². The highest BCUT2D eigenvalue weighted by Gasteiger charge is 2.53. The number of aliphatic imine (C=N–C) groups is 1. The molecule has 2 atom stereocenters. The zero-order valence-electron chi connectivity index (χ0n) is 14.5. The van der Waals surface area contributed by atoms with Crippen LogP contribution in [0.15, 0.2) is 4.99 Å². The van der Waals surface area contributed by atoms with Gasteiger partial charge in [-0.25, -0.2) is 18.7 Å². The second kappa shape index (κ2) is 5.15. The molecular formula is C15H20N5O4+. The van der Waals surface area contributed by atoms with E-state index in [2.05, 4.69) is 4.99 Å². The summed E-state index contributed by atoms with van der Waals surface area (Å²) in [6, 6.07) is -1.72. The maximum atomic E-state index is 12.6. The number of ether oxygens (including phenoxy) is 1. The number of urea groups is 1. The van der Waals surface area contributed by atoms with Crippen LogP contribution < -0.4 is 4.57 Å². The minimum Gasteiger partial charge on any atom is -0.466 e. The summed E-state index contributed by atoms with van der Waals surface area (Å²) in [4.78, 5) is 43.7. The van der Waals surface area contributed by atoms with Crippen LogP contribution in [-0.2, 0) is 14.3 Å². The second-order valence-electron chi connectivity index (χ2n) is 6.02. The predicted octanol–water partition coefficient (Wildman–Crippen LogP) is 0.235. The summed E-state index contributed by atoms with van der Waals surface area (Å²) in [7, 11) is 4.36. The largest absolute Gasteiger partial charge is 0.466 e. The first-order chi connectivity index (χ1) is 11.2. The molecule has 3 amide bonds. The van der Waals surface area contributed by atoms with E-state index >= 15 is 0 Å². The number of carbonyl (C=O) groups excluding carboxylic acids is 3. The summed E-state index contributed by atoms with van der Waals surface area (Å²) in [5.74, 6) is 0.0873.